The van der Waals surface area contributed by atoms with Gasteiger partial charge in [0.25, 0.3) is 10.1 Å². The van der Waals surface area contributed by atoms with Gasteiger partial charge >= 0.3 is 0 Å². The van der Waals surface area contributed by atoms with Crippen molar-refractivity contribution >= 4 is 37.4 Å². The van der Waals surface area contributed by atoms with Crippen LogP contribution in [-0.2, 0) is 10.1 Å². The molecular weight excluding hydrogens is 264 g/mol. The van der Waals surface area contributed by atoms with Gasteiger partial charge < -0.3 is 0 Å². The predicted molar refractivity (Wildman–Crippen MR) is 51.3 cm³/mol. The van der Waals surface area contributed by atoms with Crippen molar-refractivity contribution in [2.24, 2.45) is 0 Å². The maximum Gasteiger partial charge on any atom is 0.296 e. The summed E-state index contributed by atoms with van der Waals surface area (Å²) in [6.45, 7) is 3.45. The molecule has 0 unspecified atom stereocenters. The molecule has 0 aliphatic heterocycles. The number of aryl methyl sites for hydroxylation is 2. The third-order valence-corrected chi connectivity index (χ3v) is 5.08. The van der Waals surface area contributed by atoms with Crippen LogP contribution >= 0.6 is 27.3 Å². The van der Waals surface area contributed by atoms with Crippen molar-refractivity contribution in [3.05, 3.63) is 14.2 Å². The summed E-state index contributed by atoms with van der Waals surface area (Å²) >= 11 is 4.44. The van der Waals surface area contributed by atoms with Crippen LogP contribution in [0.2, 0.25) is 0 Å². The first-order valence-electron chi connectivity index (χ1n) is 3.07. The lowest BCUT2D eigenvalue weighted by atomic mass is 10.4. The molecular formula is C6H7BrO3S2. The zero-order chi connectivity index (χ0) is 9.52. The number of halogens is 1. The largest absolute Gasteiger partial charge is 0.296 e. The van der Waals surface area contributed by atoms with E-state index in [4.69, 9.17) is 4.55 Å². The zero-order valence-electron chi connectivity index (χ0n) is 6.46. The van der Waals surface area contributed by atoms with Crippen LogP contribution in [0.1, 0.15) is 9.75 Å². The number of rotatable bonds is 1. The monoisotopic (exact) mass is 270 g/mol. The van der Waals surface area contributed by atoms with Gasteiger partial charge in [-0.3, -0.25) is 4.55 Å². The summed E-state index contributed by atoms with van der Waals surface area (Å²) in [6, 6.07) is 0. The Hall–Kier alpha value is 0.0900. The van der Waals surface area contributed by atoms with Crippen LogP contribution in [0.5, 0.6) is 0 Å². The Morgan fingerprint density at radius 3 is 2.00 bits per heavy atom. The Morgan fingerprint density at radius 2 is 1.83 bits per heavy atom. The zero-order valence-corrected chi connectivity index (χ0v) is 9.68. The molecule has 3 nitrogen and oxygen atoms in total. The lowest BCUT2D eigenvalue weighted by Gasteiger charge is -1.94. The molecule has 1 rings (SSSR count). The SMILES string of the molecule is Cc1sc(C)c(S(=O)(=O)O)c1Br. The van der Waals surface area contributed by atoms with Crippen molar-refractivity contribution in [2.45, 2.75) is 18.7 Å². The average molecular weight is 271 g/mol. The predicted octanol–water partition coefficient (Wildman–Crippen LogP) is 2.37. The minimum atomic E-state index is -4.08. The van der Waals surface area contributed by atoms with Gasteiger partial charge in [-0.1, -0.05) is 0 Å². The average Bonchev–Trinajstić information content (AvgIpc) is 2.05. The van der Waals surface area contributed by atoms with Gasteiger partial charge in [-0.15, -0.1) is 11.3 Å². The van der Waals surface area contributed by atoms with E-state index in [9.17, 15) is 8.42 Å². The smallest absolute Gasteiger partial charge is 0.282 e. The highest BCUT2D eigenvalue weighted by Crippen LogP contribution is 2.35. The van der Waals surface area contributed by atoms with Crippen molar-refractivity contribution in [1.29, 1.82) is 0 Å². The Kier molecular flexibility index (Phi) is 2.63. The van der Waals surface area contributed by atoms with Gasteiger partial charge in [-0.05, 0) is 29.8 Å². The Balaban J connectivity index is 3.54. The summed E-state index contributed by atoms with van der Waals surface area (Å²) in [5, 5.41) is 0. The van der Waals surface area contributed by atoms with Crippen molar-refractivity contribution < 1.29 is 13.0 Å². The maximum absolute atomic E-state index is 10.8. The van der Waals surface area contributed by atoms with Crippen LogP contribution < -0.4 is 0 Å². The molecule has 0 atom stereocenters. The lowest BCUT2D eigenvalue weighted by Crippen LogP contribution is -1.98. The molecule has 0 fully saturated rings. The molecule has 1 aromatic heterocycles. The molecule has 1 heterocycles. The lowest BCUT2D eigenvalue weighted by molar-refractivity contribution is 0.482. The van der Waals surface area contributed by atoms with Crippen LogP contribution in [-0.4, -0.2) is 13.0 Å². The second-order valence-electron chi connectivity index (χ2n) is 2.33. The normalized spacial score (nSPS) is 12.0. The summed E-state index contributed by atoms with van der Waals surface area (Å²) in [4.78, 5) is 1.44. The Bertz CT molecular complexity index is 405. The topological polar surface area (TPSA) is 54.4 Å². The molecule has 0 saturated carbocycles. The number of thiophene rings is 1. The highest BCUT2D eigenvalue weighted by molar-refractivity contribution is 9.10. The maximum atomic E-state index is 10.8. The summed E-state index contributed by atoms with van der Waals surface area (Å²) in [5.41, 5.74) is 0. The summed E-state index contributed by atoms with van der Waals surface area (Å²) < 4.78 is 30.9. The molecule has 0 saturated heterocycles. The molecule has 68 valence electrons. The first-order chi connectivity index (χ1) is 5.34. The molecule has 0 aliphatic rings. The Labute approximate surface area is 83.3 Å². The van der Waals surface area contributed by atoms with E-state index in [2.05, 4.69) is 15.9 Å². The number of hydrogen-bond donors (Lipinski definition) is 1. The van der Waals surface area contributed by atoms with Gasteiger partial charge in [0.1, 0.15) is 4.90 Å². The van der Waals surface area contributed by atoms with Crippen molar-refractivity contribution in [2.75, 3.05) is 0 Å². The molecule has 1 aromatic rings. The van der Waals surface area contributed by atoms with E-state index in [-0.39, 0.29) is 4.90 Å². The van der Waals surface area contributed by atoms with Gasteiger partial charge in [0, 0.05) is 9.75 Å². The van der Waals surface area contributed by atoms with Crippen LogP contribution in [0.4, 0.5) is 0 Å². The first-order valence-corrected chi connectivity index (χ1v) is 6.12. The van der Waals surface area contributed by atoms with Gasteiger partial charge in [0.05, 0.1) is 4.47 Å². The standard InChI is InChI=1S/C6H7BrO3S2/c1-3-5(7)6(4(2)11-3)12(8,9)10/h1-2H3,(H,8,9,10). The molecule has 0 aromatic carbocycles. The molecule has 0 radical (unpaired) electrons. The first kappa shape index (κ1) is 10.2. The highest BCUT2D eigenvalue weighted by Gasteiger charge is 2.21. The van der Waals surface area contributed by atoms with Crippen molar-refractivity contribution in [1.82, 2.24) is 0 Å². The minimum absolute atomic E-state index is 0.00926. The fraction of sp³-hybridized carbons (Fsp3) is 0.333. The molecule has 12 heavy (non-hydrogen) atoms. The summed E-state index contributed by atoms with van der Waals surface area (Å²) in [5.74, 6) is 0. The fourth-order valence-electron chi connectivity index (χ4n) is 0.930. The van der Waals surface area contributed by atoms with Crippen LogP contribution in [0.3, 0.4) is 0 Å². The van der Waals surface area contributed by atoms with E-state index < -0.39 is 10.1 Å². The summed E-state index contributed by atoms with van der Waals surface area (Å²) in [6.07, 6.45) is 0. The Morgan fingerprint density at radius 1 is 1.33 bits per heavy atom. The molecule has 0 bridgehead atoms. The molecule has 0 amide bonds. The summed E-state index contributed by atoms with van der Waals surface area (Å²) in [7, 11) is -4.08. The van der Waals surface area contributed by atoms with Crippen molar-refractivity contribution in [3.63, 3.8) is 0 Å². The van der Waals surface area contributed by atoms with Crippen LogP contribution in [0.25, 0.3) is 0 Å². The van der Waals surface area contributed by atoms with Gasteiger partial charge in [-0.25, -0.2) is 0 Å². The second kappa shape index (κ2) is 3.10. The van der Waals surface area contributed by atoms with E-state index in [1.807, 2.05) is 0 Å². The van der Waals surface area contributed by atoms with E-state index in [1.165, 1.54) is 11.3 Å². The van der Waals surface area contributed by atoms with E-state index >= 15 is 0 Å². The van der Waals surface area contributed by atoms with E-state index in [1.54, 1.807) is 13.8 Å². The van der Waals surface area contributed by atoms with Crippen LogP contribution in [0.15, 0.2) is 9.37 Å². The van der Waals surface area contributed by atoms with E-state index in [0.29, 0.717) is 9.35 Å². The second-order valence-corrected chi connectivity index (χ2v) is 5.91. The minimum Gasteiger partial charge on any atom is -0.282 e. The molecule has 0 spiro atoms. The third-order valence-electron chi connectivity index (χ3n) is 1.39. The van der Waals surface area contributed by atoms with Crippen LogP contribution in [0, 0.1) is 13.8 Å². The van der Waals surface area contributed by atoms with Gasteiger partial charge in [0.15, 0.2) is 0 Å². The molecule has 1 N–H and O–H groups in total. The molecule has 0 aliphatic carbocycles. The third kappa shape index (κ3) is 1.71. The van der Waals surface area contributed by atoms with Gasteiger partial charge in [-0.2, -0.15) is 8.42 Å². The quantitative estimate of drug-likeness (QED) is 0.798. The van der Waals surface area contributed by atoms with Gasteiger partial charge in [0.2, 0.25) is 0 Å². The van der Waals surface area contributed by atoms with Crippen molar-refractivity contribution in [3.8, 4) is 0 Å². The highest BCUT2D eigenvalue weighted by atomic mass is 79.9. The van der Waals surface area contributed by atoms with E-state index in [0.717, 1.165) is 4.88 Å². The fourth-order valence-corrected chi connectivity index (χ4v) is 4.31. The molecule has 6 heteroatoms. The number of hydrogen-bond acceptors (Lipinski definition) is 3.